The molecule has 3 rings (SSSR count). The maximum absolute atomic E-state index is 13.2. The first-order chi connectivity index (χ1) is 11.0. The number of nitrogens with zero attached hydrogens (tertiary/aromatic N) is 2. The first kappa shape index (κ1) is 16.3. The first-order valence-electron chi connectivity index (χ1n) is 7.39. The summed E-state index contributed by atoms with van der Waals surface area (Å²) in [5.41, 5.74) is 1.14. The zero-order valence-electron chi connectivity index (χ0n) is 12.8. The summed E-state index contributed by atoms with van der Waals surface area (Å²) in [6.07, 6.45) is 1.61. The summed E-state index contributed by atoms with van der Waals surface area (Å²) in [6, 6.07) is 4.06. The van der Waals surface area contributed by atoms with Gasteiger partial charge in [-0.2, -0.15) is 17.4 Å². The monoisotopic (exact) mass is 342 g/mol. The van der Waals surface area contributed by atoms with Crippen molar-refractivity contribution in [2.75, 3.05) is 20.3 Å². The van der Waals surface area contributed by atoms with E-state index in [9.17, 15) is 12.8 Å². The minimum Gasteiger partial charge on any atom is -0.383 e. The molecule has 0 aliphatic carbocycles. The van der Waals surface area contributed by atoms with Crippen LogP contribution in [0, 0.1) is 5.82 Å². The van der Waals surface area contributed by atoms with Gasteiger partial charge in [-0.25, -0.2) is 9.37 Å². The van der Waals surface area contributed by atoms with Crippen LogP contribution in [-0.2, 0) is 21.5 Å². The highest BCUT2D eigenvalue weighted by atomic mass is 32.2. The van der Waals surface area contributed by atoms with Gasteiger partial charge in [-0.3, -0.25) is 0 Å². The van der Waals surface area contributed by atoms with Crippen LogP contribution in [0.2, 0.25) is 0 Å². The van der Waals surface area contributed by atoms with Crippen LogP contribution < -0.4 is 4.72 Å². The number of fused-ring (bicyclic) bond motifs is 1. The fourth-order valence-electron chi connectivity index (χ4n) is 2.85. The molecule has 1 saturated heterocycles. The second-order valence-electron chi connectivity index (χ2n) is 5.53. The summed E-state index contributed by atoms with van der Waals surface area (Å²) >= 11 is 0. The topological polar surface area (TPSA) is 87.3 Å². The average molecular weight is 342 g/mol. The van der Waals surface area contributed by atoms with Crippen molar-refractivity contribution in [1.82, 2.24) is 19.0 Å². The Morgan fingerprint density at radius 2 is 2.35 bits per heavy atom. The fraction of sp³-hybridized carbons (Fsp3) is 0.500. The molecule has 0 saturated carbocycles. The van der Waals surface area contributed by atoms with Crippen LogP contribution in [-0.4, -0.2) is 49.0 Å². The van der Waals surface area contributed by atoms with Gasteiger partial charge >= 0.3 is 0 Å². The van der Waals surface area contributed by atoms with Gasteiger partial charge in [0.1, 0.15) is 11.6 Å². The third-order valence-corrected chi connectivity index (χ3v) is 5.51. The smallest absolute Gasteiger partial charge is 0.280 e. The standard InChI is InChI=1S/C14H19FN4O3S/c1-22-9-11-3-2-6-19(11)23(20,21)16-8-14-17-12-5-4-10(15)7-13(12)18-14/h4-5,7,11,16H,2-3,6,8-9H2,1H3,(H,17,18). The molecule has 2 N–H and O–H groups in total. The molecule has 1 aliphatic rings. The van der Waals surface area contributed by atoms with Crippen molar-refractivity contribution in [2.45, 2.75) is 25.4 Å². The highest BCUT2D eigenvalue weighted by Crippen LogP contribution is 2.20. The largest absolute Gasteiger partial charge is 0.383 e. The quantitative estimate of drug-likeness (QED) is 0.824. The number of aromatic amines is 1. The van der Waals surface area contributed by atoms with E-state index in [1.165, 1.54) is 16.4 Å². The molecule has 0 spiro atoms. The van der Waals surface area contributed by atoms with Gasteiger partial charge in [-0.1, -0.05) is 0 Å². The molecule has 0 radical (unpaired) electrons. The molecule has 1 fully saturated rings. The second-order valence-corrected chi connectivity index (χ2v) is 7.24. The summed E-state index contributed by atoms with van der Waals surface area (Å²) < 4.78 is 47.0. The van der Waals surface area contributed by atoms with Gasteiger partial charge in [-0.05, 0) is 31.0 Å². The van der Waals surface area contributed by atoms with Crippen LogP contribution in [0.3, 0.4) is 0 Å². The third kappa shape index (κ3) is 3.52. The number of imidazole rings is 1. The number of nitrogens with one attached hydrogen (secondary N) is 2. The predicted molar refractivity (Wildman–Crippen MR) is 83.4 cm³/mol. The first-order valence-corrected chi connectivity index (χ1v) is 8.83. The molecule has 7 nitrogen and oxygen atoms in total. The van der Waals surface area contributed by atoms with Crippen molar-refractivity contribution in [3.63, 3.8) is 0 Å². The molecule has 1 aliphatic heterocycles. The van der Waals surface area contributed by atoms with E-state index in [2.05, 4.69) is 14.7 Å². The Labute approximate surface area is 134 Å². The summed E-state index contributed by atoms with van der Waals surface area (Å²) in [5, 5.41) is 0. The minimum atomic E-state index is -3.61. The van der Waals surface area contributed by atoms with Crippen LogP contribution in [0.4, 0.5) is 4.39 Å². The third-order valence-electron chi connectivity index (χ3n) is 3.91. The normalized spacial score (nSPS) is 19.7. The van der Waals surface area contributed by atoms with Crippen molar-refractivity contribution in [3.8, 4) is 0 Å². The molecule has 2 aromatic rings. The number of ether oxygens (including phenoxy) is 1. The molecule has 1 unspecified atom stereocenters. The summed E-state index contributed by atoms with van der Waals surface area (Å²) in [7, 11) is -2.05. The van der Waals surface area contributed by atoms with E-state index in [4.69, 9.17) is 4.74 Å². The zero-order valence-corrected chi connectivity index (χ0v) is 13.6. The molecule has 0 amide bonds. The van der Waals surface area contributed by atoms with Crippen LogP contribution in [0.1, 0.15) is 18.7 Å². The van der Waals surface area contributed by atoms with E-state index in [-0.39, 0.29) is 18.4 Å². The molecule has 23 heavy (non-hydrogen) atoms. The maximum atomic E-state index is 13.2. The van der Waals surface area contributed by atoms with Crippen molar-refractivity contribution in [2.24, 2.45) is 0 Å². The maximum Gasteiger partial charge on any atom is 0.280 e. The number of aromatic nitrogens is 2. The molecular weight excluding hydrogens is 323 g/mol. The van der Waals surface area contributed by atoms with Crippen LogP contribution in [0.15, 0.2) is 18.2 Å². The zero-order chi connectivity index (χ0) is 16.4. The van der Waals surface area contributed by atoms with E-state index >= 15 is 0 Å². The van der Waals surface area contributed by atoms with Gasteiger partial charge in [0.2, 0.25) is 0 Å². The van der Waals surface area contributed by atoms with Crippen molar-refractivity contribution < 1.29 is 17.5 Å². The molecular formula is C14H19FN4O3S. The number of methoxy groups -OCH3 is 1. The Balaban J connectivity index is 1.70. The highest BCUT2D eigenvalue weighted by molar-refractivity contribution is 7.87. The Hall–Kier alpha value is -1.55. The lowest BCUT2D eigenvalue weighted by Crippen LogP contribution is -2.44. The lowest BCUT2D eigenvalue weighted by atomic mass is 10.2. The molecule has 1 atom stereocenters. The van der Waals surface area contributed by atoms with E-state index < -0.39 is 10.2 Å². The average Bonchev–Trinajstić information content (AvgIpc) is 3.12. The summed E-state index contributed by atoms with van der Waals surface area (Å²) in [4.78, 5) is 7.16. The number of hydrogen-bond acceptors (Lipinski definition) is 4. The Morgan fingerprint density at radius 3 is 3.13 bits per heavy atom. The van der Waals surface area contributed by atoms with Crippen LogP contribution >= 0.6 is 0 Å². The fourth-order valence-corrected chi connectivity index (χ4v) is 4.26. The van der Waals surface area contributed by atoms with Gasteiger partial charge in [0.25, 0.3) is 10.2 Å². The summed E-state index contributed by atoms with van der Waals surface area (Å²) in [5.74, 6) is 0.0735. The molecule has 126 valence electrons. The van der Waals surface area contributed by atoms with Crippen molar-refractivity contribution >= 4 is 21.2 Å². The van der Waals surface area contributed by atoms with Gasteiger partial charge in [0.15, 0.2) is 0 Å². The van der Waals surface area contributed by atoms with Gasteiger partial charge in [0.05, 0.1) is 24.2 Å². The van der Waals surface area contributed by atoms with Gasteiger partial charge in [-0.15, -0.1) is 0 Å². The second kappa shape index (κ2) is 6.52. The lowest BCUT2D eigenvalue weighted by Gasteiger charge is -2.23. The van der Waals surface area contributed by atoms with Crippen LogP contribution in [0.25, 0.3) is 11.0 Å². The van der Waals surface area contributed by atoms with Gasteiger partial charge in [0, 0.05) is 19.7 Å². The number of H-pyrrole nitrogens is 1. The number of halogens is 1. The molecule has 9 heteroatoms. The van der Waals surface area contributed by atoms with E-state index in [1.807, 2.05) is 0 Å². The van der Waals surface area contributed by atoms with Crippen molar-refractivity contribution in [1.29, 1.82) is 0 Å². The van der Waals surface area contributed by atoms with Gasteiger partial charge < -0.3 is 9.72 Å². The molecule has 1 aromatic carbocycles. The van der Waals surface area contributed by atoms with E-state index in [1.54, 1.807) is 13.2 Å². The Bertz CT molecular complexity index is 792. The SMILES string of the molecule is COCC1CCCN1S(=O)(=O)NCc1nc2ccc(F)cc2[nH]1. The van der Waals surface area contributed by atoms with Crippen molar-refractivity contribution in [3.05, 3.63) is 29.8 Å². The lowest BCUT2D eigenvalue weighted by molar-refractivity contribution is 0.148. The molecule has 2 heterocycles. The number of benzene rings is 1. The molecule has 0 bridgehead atoms. The predicted octanol–water partition coefficient (Wildman–Crippen LogP) is 1.15. The van der Waals surface area contributed by atoms with Crippen LogP contribution in [0.5, 0.6) is 0 Å². The highest BCUT2D eigenvalue weighted by Gasteiger charge is 2.33. The summed E-state index contributed by atoms with van der Waals surface area (Å²) in [6.45, 7) is 0.883. The molecule has 1 aromatic heterocycles. The number of rotatable bonds is 6. The number of hydrogen-bond donors (Lipinski definition) is 2. The Morgan fingerprint density at radius 1 is 1.52 bits per heavy atom. The minimum absolute atomic E-state index is 0.0227. The Kier molecular flexibility index (Phi) is 4.62. The van der Waals surface area contributed by atoms with E-state index in [0.717, 1.165) is 12.8 Å². The van der Waals surface area contributed by atoms with E-state index in [0.29, 0.717) is 30.0 Å².